The first-order valence-electron chi connectivity index (χ1n) is 8.71. The standard InChI is InChI=1S/C19H16N2O3S2/c20-10-19(18-25-8-9-26(18)24)13-6-3-7-21(13)15-14(19)16(22)11-4-1-2-5-12(11)17(15)23/h1-2,4-5,13,18H,3,6-9H2. The van der Waals surface area contributed by atoms with Crippen molar-refractivity contribution in [2.75, 3.05) is 18.1 Å². The van der Waals surface area contributed by atoms with Crippen LogP contribution in [0.15, 0.2) is 35.5 Å². The molecule has 3 heterocycles. The fourth-order valence-corrected chi connectivity index (χ4v) is 8.90. The van der Waals surface area contributed by atoms with Crippen molar-refractivity contribution in [3.8, 4) is 6.07 Å². The van der Waals surface area contributed by atoms with Crippen LogP contribution in [-0.4, -0.2) is 49.3 Å². The number of carbonyl (C=O) groups is 2. The van der Waals surface area contributed by atoms with Crippen molar-refractivity contribution >= 4 is 34.1 Å². The third-order valence-electron chi connectivity index (χ3n) is 5.92. The maximum Gasteiger partial charge on any atom is 0.210 e. The summed E-state index contributed by atoms with van der Waals surface area (Å²) in [6.45, 7) is 0.665. The molecule has 2 fully saturated rings. The molecule has 1 aromatic rings. The van der Waals surface area contributed by atoms with Crippen molar-refractivity contribution in [3.63, 3.8) is 0 Å². The summed E-state index contributed by atoms with van der Waals surface area (Å²) in [7, 11) is -1.18. The highest BCUT2D eigenvalue weighted by molar-refractivity contribution is 8.14. The van der Waals surface area contributed by atoms with Gasteiger partial charge in [-0.15, -0.1) is 11.8 Å². The minimum absolute atomic E-state index is 0.173. The van der Waals surface area contributed by atoms with Crippen molar-refractivity contribution in [3.05, 3.63) is 46.7 Å². The van der Waals surface area contributed by atoms with E-state index in [9.17, 15) is 19.1 Å². The Morgan fingerprint density at radius 3 is 2.62 bits per heavy atom. The number of ketones is 2. The van der Waals surface area contributed by atoms with E-state index in [1.54, 1.807) is 24.3 Å². The predicted molar refractivity (Wildman–Crippen MR) is 99.2 cm³/mol. The number of nitriles is 1. The van der Waals surface area contributed by atoms with Crippen LogP contribution in [0, 0.1) is 16.7 Å². The molecule has 0 radical (unpaired) electrons. The van der Waals surface area contributed by atoms with E-state index in [2.05, 4.69) is 6.07 Å². The lowest BCUT2D eigenvalue weighted by atomic mass is 9.72. The monoisotopic (exact) mass is 384 g/mol. The number of hydrogen-bond donors (Lipinski definition) is 0. The number of Topliss-reactive ketones (excluding diaryl/α,β-unsaturated/α-hetero) is 2. The molecule has 2 saturated heterocycles. The summed E-state index contributed by atoms with van der Waals surface area (Å²) in [5, 5.41) is 10.3. The first-order chi connectivity index (χ1) is 12.6. The maximum absolute atomic E-state index is 13.4. The molecule has 1 aromatic carbocycles. The number of fused-ring (bicyclic) bond motifs is 3. The van der Waals surface area contributed by atoms with Crippen molar-refractivity contribution in [2.24, 2.45) is 5.41 Å². The van der Waals surface area contributed by atoms with Crippen molar-refractivity contribution in [2.45, 2.75) is 23.5 Å². The molecule has 3 aliphatic heterocycles. The van der Waals surface area contributed by atoms with Crippen molar-refractivity contribution in [1.82, 2.24) is 4.90 Å². The lowest BCUT2D eigenvalue weighted by Gasteiger charge is -2.35. The van der Waals surface area contributed by atoms with Crippen molar-refractivity contribution in [1.29, 1.82) is 5.26 Å². The van der Waals surface area contributed by atoms with Crippen LogP contribution in [0.3, 0.4) is 0 Å². The van der Waals surface area contributed by atoms with Gasteiger partial charge in [0.25, 0.3) is 0 Å². The van der Waals surface area contributed by atoms with E-state index >= 15 is 0 Å². The molecule has 4 unspecified atom stereocenters. The second-order valence-electron chi connectivity index (χ2n) is 7.05. The average Bonchev–Trinajstić information content (AvgIpc) is 3.35. The smallest absolute Gasteiger partial charge is 0.210 e. The Kier molecular flexibility index (Phi) is 3.47. The first kappa shape index (κ1) is 16.3. The molecule has 0 bridgehead atoms. The molecule has 26 heavy (non-hydrogen) atoms. The van der Waals surface area contributed by atoms with Gasteiger partial charge in [0.1, 0.15) is 10.00 Å². The maximum atomic E-state index is 13.4. The van der Waals surface area contributed by atoms with E-state index in [1.807, 2.05) is 4.90 Å². The Morgan fingerprint density at radius 2 is 1.96 bits per heavy atom. The topological polar surface area (TPSA) is 78.2 Å². The first-order valence-corrected chi connectivity index (χ1v) is 11.1. The Bertz CT molecular complexity index is 964. The highest BCUT2D eigenvalue weighted by atomic mass is 32.2. The van der Waals surface area contributed by atoms with E-state index in [0.29, 0.717) is 34.7 Å². The number of rotatable bonds is 1. The summed E-state index contributed by atoms with van der Waals surface area (Å²) in [5.41, 5.74) is 0.308. The average molecular weight is 384 g/mol. The molecule has 1 aliphatic carbocycles. The lowest BCUT2D eigenvalue weighted by Crippen LogP contribution is -2.46. The Labute approximate surface area is 157 Å². The Hall–Kier alpha value is -1.91. The molecule has 0 N–H and O–H groups in total. The van der Waals surface area contributed by atoms with Gasteiger partial charge in [0, 0.05) is 40.0 Å². The van der Waals surface area contributed by atoms with Gasteiger partial charge in [-0.05, 0) is 12.8 Å². The van der Waals surface area contributed by atoms with Crippen LogP contribution < -0.4 is 0 Å². The van der Waals surface area contributed by atoms with E-state index in [1.165, 1.54) is 11.8 Å². The normalized spacial score (nSPS) is 35.3. The molecular formula is C19H16N2O3S2. The predicted octanol–water partition coefficient (Wildman–Crippen LogP) is 2.13. The van der Waals surface area contributed by atoms with E-state index in [-0.39, 0.29) is 17.6 Å². The van der Waals surface area contributed by atoms with Gasteiger partial charge >= 0.3 is 0 Å². The van der Waals surface area contributed by atoms with Crippen LogP contribution in [0.2, 0.25) is 0 Å². The molecule has 7 heteroatoms. The zero-order valence-electron chi connectivity index (χ0n) is 13.9. The minimum Gasteiger partial charge on any atom is -0.363 e. The van der Waals surface area contributed by atoms with Crippen LogP contribution in [-0.2, 0) is 10.8 Å². The van der Waals surface area contributed by atoms with E-state index in [4.69, 9.17) is 0 Å². The fraction of sp³-hybridized carbons (Fsp3) is 0.421. The van der Waals surface area contributed by atoms with E-state index in [0.717, 1.165) is 18.6 Å². The van der Waals surface area contributed by atoms with Gasteiger partial charge in [0.15, 0.2) is 5.78 Å². The van der Waals surface area contributed by atoms with Crippen LogP contribution in [0.5, 0.6) is 0 Å². The second kappa shape index (κ2) is 5.54. The molecule has 132 valence electrons. The molecule has 0 spiro atoms. The molecule has 0 aromatic heterocycles. The zero-order chi connectivity index (χ0) is 18.1. The number of allylic oxidation sites excluding steroid dienone is 1. The highest BCUT2D eigenvalue weighted by Crippen LogP contribution is 2.58. The quantitative estimate of drug-likeness (QED) is 0.738. The Balaban J connectivity index is 1.80. The number of carbonyl (C=O) groups excluding carboxylic acids is 2. The number of thioether (sulfide) groups is 1. The van der Waals surface area contributed by atoms with E-state index < -0.39 is 20.8 Å². The van der Waals surface area contributed by atoms with Crippen LogP contribution in [0.1, 0.15) is 33.6 Å². The molecular weight excluding hydrogens is 368 g/mol. The molecule has 0 saturated carbocycles. The number of benzene rings is 1. The third-order valence-corrected chi connectivity index (χ3v) is 9.80. The largest absolute Gasteiger partial charge is 0.363 e. The Morgan fingerprint density at radius 1 is 1.23 bits per heavy atom. The fourth-order valence-electron chi connectivity index (χ4n) is 4.91. The van der Waals surface area contributed by atoms with Gasteiger partial charge in [-0.3, -0.25) is 13.8 Å². The van der Waals surface area contributed by atoms with Gasteiger partial charge in [-0.1, -0.05) is 24.3 Å². The van der Waals surface area contributed by atoms with Crippen LogP contribution in [0.4, 0.5) is 0 Å². The number of nitrogens with zero attached hydrogens (tertiary/aromatic N) is 2. The van der Waals surface area contributed by atoms with Gasteiger partial charge < -0.3 is 4.90 Å². The summed E-state index contributed by atoms with van der Waals surface area (Å²) in [4.78, 5) is 28.6. The summed E-state index contributed by atoms with van der Waals surface area (Å²) in [6.07, 6.45) is 1.61. The second-order valence-corrected chi connectivity index (χ2v) is 10.2. The molecule has 4 atom stereocenters. The molecule has 5 nitrogen and oxygen atoms in total. The summed E-state index contributed by atoms with van der Waals surface area (Å²) in [5.74, 6) is 0.838. The zero-order valence-corrected chi connectivity index (χ0v) is 15.6. The van der Waals surface area contributed by atoms with Gasteiger partial charge in [0.2, 0.25) is 5.78 Å². The SMILES string of the molecule is N#CC1(C2SCCS2=O)C2=C(C(=O)c3ccccc3C2=O)N2CCCC21. The van der Waals surface area contributed by atoms with Crippen LogP contribution in [0.25, 0.3) is 0 Å². The van der Waals surface area contributed by atoms with Crippen molar-refractivity contribution < 1.29 is 13.8 Å². The van der Waals surface area contributed by atoms with Gasteiger partial charge in [-0.2, -0.15) is 5.26 Å². The summed E-state index contributed by atoms with van der Waals surface area (Å²) in [6, 6.07) is 9.01. The van der Waals surface area contributed by atoms with Gasteiger partial charge in [-0.25, -0.2) is 0 Å². The minimum atomic E-state index is -1.18. The van der Waals surface area contributed by atoms with Crippen LogP contribution >= 0.6 is 11.8 Å². The third kappa shape index (κ3) is 1.79. The molecule has 4 aliphatic rings. The van der Waals surface area contributed by atoms with Gasteiger partial charge in [0.05, 0.1) is 23.4 Å². The summed E-state index contributed by atoms with van der Waals surface area (Å²) < 4.78 is 12.3. The molecule has 5 rings (SSSR count). The molecule has 0 amide bonds. The number of hydrogen-bond acceptors (Lipinski definition) is 6. The highest BCUT2D eigenvalue weighted by Gasteiger charge is 2.65. The lowest BCUT2D eigenvalue weighted by molar-refractivity contribution is 0.0955. The summed E-state index contributed by atoms with van der Waals surface area (Å²) >= 11 is 1.51.